The number of rotatable bonds is 5. The van der Waals surface area contributed by atoms with E-state index in [4.69, 9.17) is 0 Å². The van der Waals surface area contributed by atoms with E-state index < -0.39 is 5.25 Å². The second kappa shape index (κ2) is 8.57. The summed E-state index contributed by atoms with van der Waals surface area (Å²) in [4.78, 5) is 45.5. The Morgan fingerprint density at radius 1 is 1.21 bits per heavy atom. The van der Waals surface area contributed by atoms with Gasteiger partial charge in [0.2, 0.25) is 0 Å². The monoisotopic (exact) mass is 416 g/mol. The molecule has 1 atom stereocenters. The van der Waals surface area contributed by atoms with Gasteiger partial charge >= 0.3 is 0 Å². The minimum Gasteiger partial charge on any atom is -0.309 e. The van der Waals surface area contributed by atoms with Crippen molar-refractivity contribution in [2.45, 2.75) is 31.8 Å². The van der Waals surface area contributed by atoms with E-state index >= 15 is 0 Å². The van der Waals surface area contributed by atoms with Crippen molar-refractivity contribution in [3.05, 3.63) is 62.5 Å². The number of hydrazine groups is 1. The summed E-state index contributed by atoms with van der Waals surface area (Å²) in [5.74, 6) is 0.186. The van der Waals surface area contributed by atoms with Crippen molar-refractivity contribution in [3.63, 3.8) is 0 Å². The van der Waals surface area contributed by atoms with E-state index in [2.05, 4.69) is 20.8 Å². The van der Waals surface area contributed by atoms with Crippen LogP contribution >= 0.6 is 23.1 Å². The van der Waals surface area contributed by atoms with Gasteiger partial charge in [0.1, 0.15) is 10.7 Å². The molecule has 0 saturated carbocycles. The molecular weight excluding hydrogens is 396 g/mol. The van der Waals surface area contributed by atoms with E-state index in [-0.39, 0.29) is 17.4 Å². The molecule has 0 bridgehead atoms. The molecule has 3 aromatic rings. The maximum Gasteiger partial charge on any atom is 0.269 e. The van der Waals surface area contributed by atoms with Crippen LogP contribution in [0.4, 0.5) is 0 Å². The summed E-state index contributed by atoms with van der Waals surface area (Å²) in [6.07, 6.45) is 0. The number of hydrogen-bond donors (Lipinski definition) is 3. The standard InChI is InChI=1S/C19H20N4O3S2/c1-10-11(2)28-19-15(10)18(26)20-14(21-19)9-27-12(3)16(24)22-23-17(25)13-7-5-4-6-8-13/h4-8,12H,9H2,1-3H3,(H,22,24)(H,23,25)(H,20,21,26). The quantitative estimate of drug-likeness (QED) is 0.555. The fraction of sp³-hybridized carbons (Fsp3) is 0.263. The van der Waals surface area contributed by atoms with E-state index in [1.165, 1.54) is 23.1 Å². The molecule has 2 heterocycles. The number of benzene rings is 1. The predicted molar refractivity (Wildman–Crippen MR) is 113 cm³/mol. The molecular formula is C19H20N4O3S2. The Morgan fingerprint density at radius 3 is 2.64 bits per heavy atom. The number of carbonyl (C=O) groups excluding carboxylic acids is 2. The van der Waals surface area contributed by atoms with Gasteiger partial charge in [-0.2, -0.15) is 0 Å². The van der Waals surface area contributed by atoms with Gasteiger partial charge in [-0.1, -0.05) is 18.2 Å². The van der Waals surface area contributed by atoms with E-state index in [9.17, 15) is 14.4 Å². The van der Waals surface area contributed by atoms with Crippen LogP contribution in [0.15, 0.2) is 35.1 Å². The van der Waals surface area contributed by atoms with Crippen molar-refractivity contribution in [2.24, 2.45) is 0 Å². The smallest absolute Gasteiger partial charge is 0.269 e. The summed E-state index contributed by atoms with van der Waals surface area (Å²) in [6, 6.07) is 8.62. The lowest BCUT2D eigenvalue weighted by Crippen LogP contribution is -2.44. The molecule has 0 radical (unpaired) electrons. The third-order valence-corrected chi connectivity index (χ3v) is 6.52. The van der Waals surface area contributed by atoms with Crippen LogP contribution in [0.3, 0.4) is 0 Å². The molecule has 28 heavy (non-hydrogen) atoms. The van der Waals surface area contributed by atoms with Gasteiger partial charge in [0.25, 0.3) is 17.4 Å². The predicted octanol–water partition coefficient (Wildman–Crippen LogP) is 2.68. The van der Waals surface area contributed by atoms with Crippen molar-refractivity contribution in [1.82, 2.24) is 20.8 Å². The third-order valence-electron chi connectivity index (χ3n) is 4.26. The molecule has 2 aromatic heterocycles. The number of H-pyrrole nitrogens is 1. The van der Waals surface area contributed by atoms with Crippen LogP contribution < -0.4 is 16.4 Å². The number of carbonyl (C=O) groups is 2. The fourth-order valence-corrected chi connectivity index (χ4v) is 4.33. The molecule has 0 saturated heterocycles. The van der Waals surface area contributed by atoms with Crippen LogP contribution in [0, 0.1) is 13.8 Å². The topological polar surface area (TPSA) is 104 Å². The zero-order chi connectivity index (χ0) is 20.3. The number of hydrogen-bond acceptors (Lipinski definition) is 6. The van der Waals surface area contributed by atoms with Crippen LogP contribution in [0.1, 0.15) is 33.5 Å². The van der Waals surface area contributed by atoms with Crippen molar-refractivity contribution in [2.75, 3.05) is 0 Å². The van der Waals surface area contributed by atoms with Crippen molar-refractivity contribution >= 4 is 45.1 Å². The van der Waals surface area contributed by atoms with Gasteiger partial charge in [-0.15, -0.1) is 23.1 Å². The highest BCUT2D eigenvalue weighted by molar-refractivity contribution is 7.99. The summed E-state index contributed by atoms with van der Waals surface area (Å²) < 4.78 is 0. The first-order valence-electron chi connectivity index (χ1n) is 8.62. The summed E-state index contributed by atoms with van der Waals surface area (Å²) in [5, 5.41) is 0.189. The molecule has 2 amide bonds. The maximum atomic E-state index is 12.3. The van der Waals surface area contributed by atoms with Gasteiger partial charge in [0.05, 0.1) is 16.4 Å². The van der Waals surface area contributed by atoms with E-state index in [0.717, 1.165) is 10.4 Å². The average molecular weight is 417 g/mol. The highest BCUT2D eigenvalue weighted by atomic mass is 32.2. The number of aryl methyl sites for hydroxylation is 2. The van der Waals surface area contributed by atoms with Crippen molar-refractivity contribution in [1.29, 1.82) is 0 Å². The van der Waals surface area contributed by atoms with Gasteiger partial charge in [-0.3, -0.25) is 25.2 Å². The van der Waals surface area contributed by atoms with E-state index in [1.807, 2.05) is 19.9 Å². The highest BCUT2D eigenvalue weighted by Crippen LogP contribution is 2.26. The number of amides is 2. The first-order valence-corrected chi connectivity index (χ1v) is 10.5. The number of aromatic nitrogens is 2. The van der Waals surface area contributed by atoms with Gasteiger partial charge in [-0.25, -0.2) is 4.98 Å². The number of nitrogens with zero attached hydrogens (tertiary/aromatic N) is 1. The first-order chi connectivity index (χ1) is 13.4. The molecule has 3 N–H and O–H groups in total. The SMILES string of the molecule is Cc1sc2nc(CSC(C)C(=O)NNC(=O)c3ccccc3)[nH]c(=O)c2c1C. The zero-order valence-corrected chi connectivity index (χ0v) is 17.3. The molecule has 146 valence electrons. The molecule has 3 rings (SSSR count). The summed E-state index contributed by atoms with van der Waals surface area (Å²) in [6.45, 7) is 5.60. The molecule has 0 fully saturated rings. The van der Waals surface area contributed by atoms with Crippen LogP contribution in [0.25, 0.3) is 10.2 Å². The highest BCUT2D eigenvalue weighted by Gasteiger charge is 2.17. The molecule has 1 unspecified atom stereocenters. The molecule has 0 aliphatic carbocycles. The summed E-state index contributed by atoms with van der Waals surface area (Å²) >= 11 is 2.81. The van der Waals surface area contributed by atoms with Crippen LogP contribution in [0.5, 0.6) is 0 Å². The largest absolute Gasteiger partial charge is 0.309 e. The molecule has 0 aliphatic heterocycles. The molecule has 1 aromatic carbocycles. The Hall–Kier alpha value is -2.65. The van der Waals surface area contributed by atoms with E-state index in [1.54, 1.807) is 31.2 Å². The lowest BCUT2D eigenvalue weighted by molar-refractivity contribution is -0.121. The molecule has 0 aliphatic rings. The zero-order valence-electron chi connectivity index (χ0n) is 15.7. The molecule has 7 nitrogen and oxygen atoms in total. The summed E-state index contributed by atoms with van der Waals surface area (Å²) in [5.41, 5.74) is 6.07. The Bertz CT molecular complexity index is 1080. The Morgan fingerprint density at radius 2 is 1.93 bits per heavy atom. The third kappa shape index (κ3) is 4.42. The summed E-state index contributed by atoms with van der Waals surface area (Å²) in [7, 11) is 0. The number of fused-ring (bicyclic) bond motifs is 1. The van der Waals surface area contributed by atoms with Gasteiger partial charge < -0.3 is 4.98 Å². The minimum atomic E-state index is -0.441. The Balaban J connectivity index is 1.57. The van der Waals surface area contributed by atoms with Crippen LogP contribution in [-0.4, -0.2) is 27.0 Å². The number of thiophene rings is 1. The van der Waals surface area contributed by atoms with E-state index in [0.29, 0.717) is 27.4 Å². The van der Waals surface area contributed by atoms with Crippen molar-refractivity contribution < 1.29 is 9.59 Å². The number of aromatic amines is 1. The lowest BCUT2D eigenvalue weighted by atomic mass is 10.2. The van der Waals surface area contributed by atoms with Gasteiger partial charge in [0, 0.05) is 10.4 Å². The molecule has 0 spiro atoms. The normalized spacial score (nSPS) is 12.0. The number of thioether (sulfide) groups is 1. The maximum absolute atomic E-state index is 12.3. The molecule has 9 heteroatoms. The van der Waals surface area contributed by atoms with Crippen molar-refractivity contribution in [3.8, 4) is 0 Å². The van der Waals surface area contributed by atoms with Gasteiger partial charge in [0.15, 0.2) is 0 Å². The minimum absolute atomic E-state index is 0.158. The average Bonchev–Trinajstić information content (AvgIpc) is 2.98. The van der Waals surface area contributed by atoms with Crippen LogP contribution in [0.2, 0.25) is 0 Å². The Labute approximate surface area is 169 Å². The first kappa shape index (κ1) is 20.1. The second-order valence-electron chi connectivity index (χ2n) is 6.24. The van der Waals surface area contributed by atoms with Crippen LogP contribution in [-0.2, 0) is 10.5 Å². The lowest BCUT2D eigenvalue weighted by Gasteiger charge is -2.12. The number of nitrogens with one attached hydrogen (secondary N) is 3. The van der Waals surface area contributed by atoms with Gasteiger partial charge in [-0.05, 0) is 38.5 Å². The fourth-order valence-electron chi connectivity index (χ4n) is 2.53. The Kier molecular flexibility index (Phi) is 6.15. The second-order valence-corrected chi connectivity index (χ2v) is 8.77.